The minimum atomic E-state index is -0.741. The van der Waals surface area contributed by atoms with E-state index < -0.39 is 17.7 Å². The highest BCUT2D eigenvalue weighted by molar-refractivity contribution is 5.99. The molecule has 0 aliphatic heterocycles. The van der Waals surface area contributed by atoms with Crippen molar-refractivity contribution in [2.24, 2.45) is 0 Å². The van der Waals surface area contributed by atoms with Crippen LogP contribution in [0.1, 0.15) is 27.8 Å². The van der Waals surface area contributed by atoms with Crippen LogP contribution in [0.2, 0.25) is 0 Å². The van der Waals surface area contributed by atoms with Crippen molar-refractivity contribution >= 4 is 11.9 Å². The van der Waals surface area contributed by atoms with Crippen molar-refractivity contribution in [3.63, 3.8) is 0 Å². The van der Waals surface area contributed by atoms with Gasteiger partial charge in [0.2, 0.25) is 0 Å². The van der Waals surface area contributed by atoms with Gasteiger partial charge in [-0.3, -0.25) is 0 Å². The first-order valence-corrected chi connectivity index (χ1v) is 4.97. The van der Waals surface area contributed by atoms with Crippen molar-refractivity contribution in [3.05, 3.63) is 30.1 Å². The first kappa shape index (κ1) is 12.8. The smallest absolute Gasteiger partial charge is 0.358 e. The van der Waals surface area contributed by atoms with Crippen molar-refractivity contribution in [1.82, 2.24) is 4.98 Å². The fourth-order valence-electron chi connectivity index (χ4n) is 1.14. The van der Waals surface area contributed by atoms with Gasteiger partial charge in [-0.05, 0) is 6.92 Å². The summed E-state index contributed by atoms with van der Waals surface area (Å²) in [5.41, 5.74) is -0.285. The van der Waals surface area contributed by atoms with Crippen molar-refractivity contribution in [3.8, 4) is 5.75 Å². The monoisotopic (exact) mass is 239 g/mol. The zero-order chi connectivity index (χ0) is 12.8. The number of aromatic nitrogens is 1. The summed E-state index contributed by atoms with van der Waals surface area (Å²) >= 11 is 0. The lowest BCUT2D eigenvalue weighted by Gasteiger charge is -2.01. The van der Waals surface area contributed by atoms with E-state index in [1.54, 1.807) is 6.92 Å². The first-order chi connectivity index (χ1) is 8.11. The zero-order valence-corrected chi connectivity index (χ0v) is 9.36. The fraction of sp³-hybridized carbons (Fsp3) is 0.273. The maximum atomic E-state index is 11.4. The van der Waals surface area contributed by atoms with E-state index in [9.17, 15) is 14.7 Å². The van der Waals surface area contributed by atoms with Gasteiger partial charge in [-0.2, -0.15) is 0 Å². The Balaban J connectivity index is 2.86. The maximum Gasteiger partial charge on any atom is 0.358 e. The normalized spacial score (nSPS) is 9.71. The molecule has 2 N–H and O–H groups in total. The third kappa shape index (κ3) is 2.87. The van der Waals surface area contributed by atoms with Gasteiger partial charge in [0.25, 0.3) is 0 Å². The largest absolute Gasteiger partial charge is 0.505 e. The molecule has 92 valence electrons. The molecule has 0 aliphatic rings. The van der Waals surface area contributed by atoms with Crippen LogP contribution in [0.25, 0.3) is 0 Å². The molecule has 0 amide bonds. The number of aromatic amines is 1. The number of ether oxygens (including phenoxy) is 2. The van der Waals surface area contributed by atoms with Gasteiger partial charge in [-0.25, -0.2) is 9.59 Å². The maximum absolute atomic E-state index is 11.4. The van der Waals surface area contributed by atoms with Gasteiger partial charge in [0, 0.05) is 6.20 Å². The number of H-pyrrole nitrogens is 1. The minimum absolute atomic E-state index is 0.0260. The molecule has 0 radical (unpaired) electrons. The summed E-state index contributed by atoms with van der Waals surface area (Å²) in [5, 5.41) is 9.64. The van der Waals surface area contributed by atoms with E-state index in [1.165, 1.54) is 12.3 Å². The molecule has 0 saturated carbocycles. The van der Waals surface area contributed by atoms with Crippen LogP contribution in [0.15, 0.2) is 18.9 Å². The quantitative estimate of drug-likeness (QED) is 0.596. The lowest BCUT2D eigenvalue weighted by atomic mass is 10.3. The molecule has 0 aromatic carbocycles. The Morgan fingerprint density at radius 3 is 2.76 bits per heavy atom. The van der Waals surface area contributed by atoms with Crippen molar-refractivity contribution in [2.75, 3.05) is 13.2 Å². The van der Waals surface area contributed by atoms with E-state index in [4.69, 9.17) is 4.74 Å². The number of carbonyl (C=O) groups is 2. The minimum Gasteiger partial charge on any atom is -0.505 e. The molecule has 17 heavy (non-hydrogen) atoms. The topological polar surface area (TPSA) is 88.6 Å². The number of carbonyl (C=O) groups excluding carboxylic acids is 2. The van der Waals surface area contributed by atoms with Gasteiger partial charge in [-0.15, -0.1) is 0 Å². The molecule has 1 heterocycles. The van der Waals surface area contributed by atoms with Crippen LogP contribution in [0.3, 0.4) is 0 Å². The first-order valence-electron chi connectivity index (χ1n) is 4.97. The standard InChI is InChI=1S/C11H13NO5/c1-3-5-17-10(14)7-6-12-8(9(7)13)11(15)16-4-2/h3,6,12-13H,1,4-5H2,2H3. The summed E-state index contributed by atoms with van der Waals surface area (Å²) in [5.74, 6) is -1.94. The molecule has 0 bridgehead atoms. The fourth-order valence-corrected chi connectivity index (χ4v) is 1.14. The van der Waals surface area contributed by atoms with Gasteiger partial charge < -0.3 is 19.6 Å². The van der Waals surface area contributed by atoms with E-state index in [0.717, 1.165) is 0 Å². The number of aromatic hydroxyl groups is 1. The molecule has 1 aromatic heterocycles. The molecule has 0 fully saturated rings. The van der Waals surface area contributed by atoms with Crippen LogP contribution in [0, 0.1) is 0 Å². The Kier molecular flexibility index (Phi) is 4.33. The van der Waals surface area contributed by atoms with Crippen molar-refractivity contribution < 1.29 is 24.2 Å². The third-order valence-electron chi connectivity index (χ3n) is 1.88. The van der Waals surface area contributed by atoms with Gasteiger partial charge in [0.1, 0.15) is 12.2 Å². The lowest BCUT2D eigenvalue weighted by Crippen LogP contribution is -2.06. The zero-order valence-electron chi connectivity index (χ0n) is 9.36. The summed E-state index contributed by atoms with van der Waals surface area (Å²) in [6.07, 6.45) is 2.58. The lowest BCUT2D eigenvalue weighted by molar-refractivity contribution is 0.0517. The highest BCUT2D eigenvalue weighted by atomic mass is 16.5. The number of esters is 2. The number of rotatable bonds is 5. The SMILES string of the molecule is C=CCOC(=O)c1c[nH]c(C(=O)OCC)c1O. The Labute approximate surface area is 97.8 Å². The third-order valence-corrected chi connectivity index (χ3v) is 1.88. The summed E-state index contributed by atoms with van der Waals surface area (Å²) in [7, 11) is 0. The van der Waals surface area contributed by atoms with E-state index in [2.05, 4.69) is 16.3 Å². The molecule has 0 unspecified atom stereocenters. The highest BCUT2D eigenvalue weighted by Crippen LogP contribution is 2.23. The molecular weight excluding hydrogens is 226 g/mol. The predicted molar refractivity (Wildman–Crippen MR) is 58.9 cm³/mol. The molecule has 0 saturated heterocycles. The molecular formula is C11H13NO5. The summed E-state index contributed by atoms with van der Waals surface area (Å²) < 4.78 is 9.41. The van der Waals surface area contributed by atoms with Gasteiger partial charge in [-0.1, -0.05) is 12.7 Å². The Bertz CT molecular complexity index is 435. The van der Waals surface area contributed by atoms with Crippen molar-refractivity contribution in [1.29, 1.82) is 0 Å². The summed E-state index contributed by atoms with van der Waals surface area (Å²) in [6, 6.07) is 0. The Morgan fingerprint density at radius 1 is 1.47 bits per heavy atom. The van der Waals surface area contributed by atoms with E-state index in [0.29, 0.717) is 0 Å². The second-order valence-electron chi connectivity index (χ2n) is 3.03. The molecule has 1 rings (SSSR count). The summed E-state index contributed by atoms with van der Waals surface area (Å²) in [6.45, 7) is 5.22. The Hall–Kier alpha value is -2.24. The van der Waals surface area contributed by atoms with Crippen LogP contribution in [-0.2, 0) is 9.47 Å². The molecule has 1 aromatic rings. The highest BCUT2D eigenvalue weighted by Gasteiger charge is 2.22. The van der Waals surface area contributed by atoms with Gasteiger partial charge in [0.15, 0.2) is 11.4 Å². The second-order valence-corrected chi connectivity index (χ2v) is 3.03. The van der Waals surface area contributed by atoms with Crippen LogP contribution in [0.5, 0.6) is 5.75 Å². The average Bonchev–Trinajstić information content (AvgIpc) is 2.68. The number of nitrogens with one attached hydrogen (secondary N) is 1. The van der Waals surface area contributed by atoms with E-state index in [-0.39, 0.29) is 24.5 Å². The molecule has 0 atom stereocenters. The Morgan fingerprint density at radius 2 is 2.18 bits per heavy atom. The van der Waals surface area contributed by atoms with Crippen LogP contribution >= 0.6 is 0 Å². The van der Waals surface area contributed by atoms with Crippen LogP contribution in [0.4, 0.5) is 0 Å². The molecule has 6 nitrogen and oxygen atoms in total. The average molecular weight is 239 g/mol. The van der Waals surface area contributed by atoms with Crippen LogP contribution in [-0.4, -0.2) is 35.2 Å². The predicted octanol–water partition coefficient (Wildman–Crippen LogP) is 1.24. The number of hydrogen-bond donors (Lipinski definition) is 2. The molecule has 6 heteroatoms. The number of hydrogen-bond acceptors (Lipinski definition) is 5. The van der Waals surface area contributed by atoms with Gasteiger partial charge in [0.05, 0.1) is 6.61 Å². The van der Waals surface area contributed by atoms with Crippen LogP contribution < -0.4 is 0 Å². The van der Waals surface area contributed by atoms with E-state index >= 15 is 0 Å². The van der Waals surface area contributed by atoms with E-state index in [1.807, 2.05) is 0 Å². The summed E-state index contributed by atoms with van der Waals surface area (Å²) in [4.78, 5) is 25.2. The van der Waals surface area contributed by atoms with Gasteiger partial charge >= 0.3 is 11.9 Å². The second kappa shape index (κ2) is 5.74. The molecule has 0 spiro atoms. The van der Waals surface area contributed by atoms with Crippen molar-refractivity contribution in [2.45, 2.75) is 6.92 Å². The molecule has 0 aliphatic carbocycles.